The first-order valence-corrected chi connectivity index (χ1v) is 9.56. The van der Waals surface area contributed by atoms with Crippen LogP contribution in [0.15, 0.2) is 24.3 Å². The summed E-state index contributed by atoms with van der Waals surface area (Å²) in [5.41, 5.74) is 2.63. The predicted molar refractivity (Wildman–Crippen MR) is 101 cm³/mol. The zero-order valence-corrected chi connectivity index (χ0v) is 16.0. The van der Waals surface area contributed by atoms with E-state index < -0.39 is 5.97 Å². The number of H-pyrrole nitrogens is 1. The topological polar surface area (TPSA) is 71.2 Å². The molecule has 0 unspecified atom stereocenters. The molecule has 5 nitrogen and oxygen atoms in total. The van der Waals surface area contributed by atoms with Gasteiger partial charge in [0, 0.05) is 23.7 Å². The number of carbonyl (C=O) groups is 2. The van der Waals surface area contributed by atoms with E-state index in [-0.39, 0.29) is 18.3 Å². The number of nitrogens with one attached hydrogen (secondary N) is 2. The summed E-state index contributed by atoms with van der Waals surface area (Å²) in [4.78, 5) is 27.2. The van der Waals surface area contributed by atoms with Crippen LogP contribution in [0.5, 0.6) is 0 Å². The minimum atomic E-state index is -0.465. The van der Waals surface area contributed by atoms with Crippen LogP contribution in [-0.4, -0.2) is 35.8 Å². The molecule has 26 heavy (non-hydrogen) atoms. The van der Waals surface area contributed by atoms with E-state index in [4.69, 9.17) is 4.74 Å². The molecule has 0 fully saturated rings. The Hall–Kier alpha value is -2.28. The molecule has 0 radical (unpaired) electrons. The second kappa shape index (κ2) is 9.43. The van der Waals surface area contributed by atoms with Gasteiger partial charge in [0.05, 0.1) is 12.2 Å². The molecule has 0 saturated carbocycles. The summed E-state index contributed by atoms with van der Waals surface area (Å²) in [7, 11) is 0. The van der Waals surface area contributed by atoms with Crippen LogP contribution in [0.3, 0.4) is 0 Å². The molecule has 0 aliphatic heterocycles. The summed E-state index contributed by atoms with van der Waals surface area (Å²) in [6.45, 7) is 5.93. The van der Waals surface area contributed by atoms with Gasteiger partial charge in [-0.1, -0.05) is 18.2 Å². The van der Waals surface area contributed by atoms with Crippen molar-refractivity contribution < 1.29 is 18.7 Å². The zero-order chi connectivity index (χ0) is 19.1. The number of benzene rings is 1. The lowest BCUT2D eigenvalue weighted by Gasteiger charge is -2.07. The smallest absolute Gasteiger partial charge is 0.355 e. The van der Waals surface area contributed by atoms with Crippen molar-refractivity contribution in [3.63, 3.8) is 0 Å². The molecule has 2 N–H and O–H groups in total. The van der Waals surface area contributed by atoms with Crippen LogP contribution in [0.2, 0.25) is 0 Å². The first-order chi connectivity index (χ1) is 12.5. The fourth-order valence-corrected chi connectivity index (χ4v) is 3.47. The molecule has 0 aliphatic rings. The summed E-state index contributed by atoms with van der Waals surface area (Å²) in [6.07, 6.45) is 0. The highest BCUT2D eigenvalue weighted by atomic mass is 32.2. The van der Waals surface area contributed by atoms with E-state index in [1.165, 1.54) is 6.07 Å². The van der Waals surface area contributed by atoms with Crippen LogP contribution < -0.4 is 5.32 Å². The van der Waals surface area contributed by atoms with Crippen molar-refractivity contribution in [3.05, 3.63) is 58.2 Å². The van der Waals surface area contributed by atoms with Crippen molar-refractivity contribution in [2.45, 2.75) is 26.5 Å². The highest BCUT2D eigenvalue weighted by molar-refractivity contribution is 7.98. The second-order valence-corrected chi connectivity index (χ2v) is 6.85. The number of hydrogen-bond donors (Lipinski definition) is 2. The first kappa shape index (κ1) is 20.0. The number of aromatic amines is 1. The Kier molecular flexibility index (Phi) is 7.26. The largest absolute Gasteiger partial charge is 0.461 e. The maximum atomic E-state index is 13.5. The number of esters is 1. The highest BCUT2D eigenvalue weighted by Gasteiger charge is 2.22. The molecule has 2 aromatic rings. The van der Waals surface area contributed by atoms with Gasteiger partial charge < -0.3 is 15.0 Å². The van der Waals surface area contributed by atoms with Crippen molar-refractivity contribution in [3.8, 4) is 0 Å². The minimum Gasteiger partial charge on any atom is -0.461 e. The lowest BCUT2D eigenvalue weighted by atomic mass is 10.1. The van der Waals surface area contributed by atoms with Crippen LogP contribution >= 0.6 is 11.8 Å². The average molecular weight is 378 g/mol. The van der Waals surface area contributed by atoms with Crippen LogP contribution in [0.1, 0.15) is 44.6 Å². The Morgan fingerprint density at radius 1 is 1.27 bits per heavy atom. The van der Waals surface area contributed by atoms with Gasteiger partial charge in [-0.2, -0.15) is 11.8 Å². The second-order valence-electron chi connectivity index (χ2n) is 5.75. The Balaban J connectivity index is 1.86. The lowest BCUT2D eigenvalue weighted by molar-refractivity contribution is 0.0519. The van der Waals surface area contributed by atoms with Gasteiger partial charge in [-0.3, -0.25) is 4.79 Å². The standard InChI is InChI=1S/C19H23FN2O3S/c1-4-25-19(24)17-12(2)16(13(3)22-17)18(23)21-9-10-26-11-14-7-5-6-8-15(14)20/h5-8,22H,4,9-11H2,1-3H3,(H,21,23). The maximum Gasteiger partial charge on any atom is 0.355 e. The van der Waals surface area contributed by atoms with Crippen LogP contribution in [0, 0.1) is 19.7 Å². The summed E-state index contributed by atoms with van der Waals surface area (Å²) in [6, 6.07) is 6.66. The molecule has 0 aliphatic carbocycles. The third-order valence-electron chi connectivity index (χ3n) is 3.89. The molecule has 0 spiro atoms. The van der Waals surface area contributed by atoms with E-state index in [9.17, 15) is 14.0 Å². The predicted octanol–water partition coefficient (Wildman–Crippen LogP) is 3.61. The van der Waals surface area contributed by atoms with Gasteiger partial charge >= 0.3 is 5.97 Å². The third kappa shape index (κ3) is 4.88. The van der Waals surface area contributed by atoms with Gasteiger partial charge in [0.15, 0.2) is 0 Å². The van der Waals surface area contributed by atoms with E-state index in [2.05, 4.69) is 10.3 Å². The van der Waals surface area contributed by atoms with Crippen LogP contribution in [-0.2, 0) is 10.5 Å². The van der Waals surface area contributed by atoms with Gasteiger partial charge in [-0.25, -0.2) is 9.18 Å². The molecule has 1 aromatic heterocycles. The Morgan fingerprint density at radius 2 is 2.00 bits per heavy atom. The van der Waals surface area contributed by atoms with E-state index in [0.717, 1.165) is 0 Å². The van der Waals surface area contributed by atoms with E-state index >= 15 is 0 Å². The van der Waals surface area contributed by atoms with Gasteiger partial charge in [-0.15, -0.1) is 0 Å². The minimum absolute atomic E-state index is 0.214. The molecule has 1 aromatic carbocycles. The Morgan fingerprint density at radius 3 is 2.69 bits per heavy atom. The summed E-state index contributed by atoms with van der Waals surface area (Å²) in [5.74, 6) is 0.297. The number of rotatable bonds is 8. The molecule has 0 saturated heterocycles. The fraction of sp³-hybridized carbons (Fsp3) is 0.368. The monoisotopic (exact) mass is 378 g/mol. The number of carbonyl (C=O) groups excluding carboxylic acids is 2. The first-order valence-electron chi connectivity index (χ1n) is 8.41. The van der Waals surface area contributed by atoms with Crippen molar-refractivity contribution in [1.29, 1.82) is 0 Å². The molecular formula is C19H23FN2O3S. The van der Waals surface area contributed by atoms with Crippen molar-refractivity contribution >= 4 is 23.6 Å². The quantitative estimate of drug-likeness (QED) is 0.544. The van der Waals surface area contributed by atoms with Crippen molar-refractivity contribution in [2.24, 2.45) is 0 Å². The number of aromatic nitrogens is 1. The molecular weight excluding hydrogens is 355 g/mol. The number of ether oxygens (including phenoxy) is 1. The van der Waals surface area contributed by atoms with Crippen LogP contribution in [0.4, 0.5) is 4.39 Å². The van der Waals surface area contributed by atoms with Crippen molar-refractivity contribution in [2.75, 3.05) is 18.9 Å². The van der Waals surface area contributed by atoms with Crippen molar-refractivity contribution in [1.82, 2.24) is 10.3 Å². The normalized spacial score (nSPS) is 10.6. The number of thioether (sulfide) groups is 1. The SMILES string of the molecule is CCOC(=O)c1[nH]c(C)c(C(=O)NCCSCc2ccccc2F)c1C. The zero-order valence-electron chi connectivity index (χ0n) is 15.1. The van der Waals surface area contributed by atoms with Gasteiger partial charge in [-0.05, 0) is 38.0 Å². The summed E-state index contributed by atoms with van der Waals surface area (Å²) in [5, 5.41) is 2.84. The molecule has 0 atom stereocenters. The van der Waals surface area contributed by atoms with Gasteiger partial charge in [0.1, 0.15) is 11.5 Å². The molecule has 1 heterocycles. The maximum absolute atomic E-state index is 13.5. The molecule has 1 amide bonds. The number of halogens is 1. The molecule has 0 bridgehead atoms. The average Bonchev–Trinajstić information content (AvgIpc) is 2.91. The Labute approximate surface area is 156 Å². The molecule has 140 valence electrons. The summed E-state index contributed by atoms with van der Waals surface area (Å²) >= 11 is 1.55. The van der Waals surface area contributed by atoms with Gasteiger partial charge in [0.2, 0.25) is 0 Å². The Bertz CT molecular complexity index is 789. The molecule has 2 rings (SSSR count). The van der Waals surface area contributed by atoms with E-state index in [1.54, 1.807) is 50.7 Å². The lowest BCUT2D eigenvalue weighted by Crippen LogP contribution is -2.26. The third-order valence-corrected chi connectivity index (χ3v) is 4.90. The number of aryl methyl sites for hydroxylation is 1. The van der Waals surface area contributed by atoms with E-state index in [0.29, 0.717) is 46.1 Å². The summed E-state index contributed by atoms with van der Waals surface area (Å²) < 4.78 is 18.5. The number of hydrogen-bond acceptors (Lipinski definition) is 4. The van der Waals surface area contributed by atoms with Gasteiger partial charge in [0.25, 0.3) is 5.91 Å². The van der Waals surface area contributed by atoms with E-state index in [1.807, 2.05) is 0 Å². The fourth-order valence-electron chi connectivity index (χ4n) is 2.62. The number of amides is 1. The highest BCUT2D eigenvalue weighted by Crippen LogP contribution is 2.19. The molecule has 7 heteroatoms. The van der Waals surface area contributed by atoms with Crippen LogP contribution in [0.25, 0.3) is 0 Å².